The lowest BCUT2D eigenvalue weighted by atomic mass is 10.1. The Balaban J connectivity index is 1.98. The van der Waals surface area contributed by atoms with Crippen LogP contribution < -0.4 is 5.32 Å². The first-order valence-corrected chi connectivity index (χ1v) is 7.42. The number of aryl methyl sites for hydroxylation is 1. The number of Topliss-reactive ketones (excluding diaryl/α,β-unsaturated/α-hetero) is 1. The highest BCUT2D eigenvalue weighted by Crippen LogP contribution is 2.31. The van der Waals surface area contributed by atoms with Gasteiger partial charge in [-0.2, -0.15) is 4.98 Å². The van der Waals surface area contributed by atoms with Crippen LogP contribution in [0.3, 0.4) is 0 Å². The van der Waals surface area contributed by atoms with Crippen molar-refractivity contribution < 1.29 is 13.6 Å². The van der Waals surface area contributed by atoms with Crippen LogP contribution in [0.15, 0.2) is 34.7 Å². The van der Waals surface area contributed by atoms with Gasteiger partial charge in [-0.3, -0.25) is 4.79 Å². The highest BCUT2D eigenvalue weighted by molar-refractivity contribution is 6.35. The van der Waals surface area contributed by atoms with Gasteiger partial charge in [-0.05, 0) is 43.2 Å². The van der Waals surface area contributed by atoms with Crippen LogP contribution in [0.25, 0.3) is 11.1 Å². The van der Waals surface area contributed by atoms with Crippen molar-refractivity contribution in [1.29, 1.82) is 0 Å². The average Bonchev–Trinajstić information content (AvgIpc) is 2.89. The molecule has 0 aliphatic rings. The normalized spacial score (nSPS) is 11.0. The van der Waals surface area contributed by atoms with Crippen LogP contribution in [-0.4, -0.2) is 10.8 Å². The first kappa shape index (κ1) is 15.5. The molecule has 118 valence electrons. The molecular weight excluding hydrogens is 319 g/mol. The molecule has 2 aromatic carbocycles. The van der Waals surface area contributed by atoms with Crippen LogP contribution in [0.5, 0.6) is 0 Å². The van der Waals surface area contributed by atoms with Gasteiger partial charge < -0.3 is 9.73 Å². The number of hydrogen-bond donors (Lipinski definition) is 1. The van der Waals surface area contributed by atoms with E-state index in [4.69, 9.17) is 16.0 Å². The SMILES string of the molecule is CC(=O)Cc1ccc2nc(Nc3cc(F)ccc3C)oc2c1Cl. The van der Waals surface area contributed by atoms with Gasteiger partial charge >= 0.3 is 0 Å². The fourth-order valence-electron chi connectivity index (χ4n) is 2.30. The van der Waals surface area contributed by atoms with Crippen molar-refractivity contribution in [2.75, 3.05) is 5.32 Å². The van der Waals surface area contributed by atoms with Gasteiger partial charge in [0.05, 0.1) is 5.02 Å². The fraction of sp³-hybridized carbons (Fsp3) is 0.176. The Hall–Kier alpha value is -2.40. The van der Waals surface area contributed by atoms with Gasteiger partial charge in [0.2, 0.25) is 0 Å². The smallest absolute Gasteiger partial charge is 0.300 e. The van der Waals surface area contributed by atoms with E-state index in [-0.39, 0.29) is 24.0 Å². The summed E-state index contributed by atoms with van der Waals surface area (Å²) in [4.78, 5) is 15.6. The topological polar surface area (TPSA) is 55.1 Å². The molecule has 0 saturated heterocycles. The lowest BCUT2D eigenvalue weighted by Crippen LogP contribution is -1.96. The number of nitrogens with one attached hydrogen (secondary N) is 1. The van der Waals surface area contributed by atoms with E-state index in [0.717, 1.165) is 5.56 Å². The van der Waals surface area contributed by atoms with E-state index in [1.54, 1.807) is 18.2 Å². The third-order valence-electron chi connectivity index (χ3n) is 3.46. The maximum atomic E-state index is 13.3. The molecule has 0 bridgehead atoms. The van der Waals surface area contributed by atoms with Gasteiger partial charge in [-0.15, -0.1) is 0 Å². The van der Waals surface area contributed by atoms with Gasteiger partial charge in [-0.25, -0.2) is 4.39 Å². The van der Waals surface area contributed by atoms with Crippen molar-refractivity contribution in [2.24, 2.45) is 0 Å². The molecule has 4 nitrogen and oxygen atoms in total. The van der Waals surface area contributed by atoms with Crippen LogP contribution in [0.2, 0.25) is 5.02 Å². The summed E-state index contributed by atoms with van der Waals surface area (Å²) in [5.74, 6) is -0.338. The molecule has 0 aliphatic carbocycles. The standard InChI is InChI=1S/C17H14ClFN2O2/c1-9-3-5-12(19)8-14(9)21-17-20-13-6-4-11(7-10(2)22)15(18)16(13)23-17/h3-6,8H,7H2,1-2H3,(H,20,21). The number of anilines is 2. The van der Waals surface area contributed by atoms with E-state index in [1.807, 2.05) is 6.92 Å². The predicted octanol–water partition coefficient (Wildman–Crippen LogP) is 4.80. The van der Waals surface area contributed by atoms with Crippen molar-refractivity contribution >= 4 is 40.2 Å². The molecule has 0 fully saturated rings. The molecule has 3 rings (SSSR count). The molecule has 1 N–H and O–H groups in total. The van der Waals surface area contributed by atoms with Gasteiger partial charge in [0.1, 0.15) is 17.1 Å². The summed E-state index contributed by atoms with van der Waals surface area (Å²) < 4.78 is 19.0. The quantitative estimate of drug-likeness (QED) is 0.745. The van der Waals surface area contributed by atoms with Crippen LogP contribution >= 0.6 is 11.6 Å². The lowest BCUT2D eigenvalue weighted by Gasteiger charge is -2.05. The van der Waals surface area contributed by atoms with Gasteiger partial charge in [0, 0.05) is 12.1 Å². The summed E-state index contributed by atoms with van der Waals surface area (Å²) in [6, 6.07) is 8.14. The first-order chi connectivity index (χ1) is 10.9. The number of nitrogens with zero attached hydrogens (tertiary/aromatic N) is 1. The summed E-state index contributed by atoms with van der Waals surface area (Å²) in [6.45, 7) is 3.35. The molecule has 0 saturated carbocycles. The monoisotopic (exact) mass is 332 g/mol. The minimum Gasteiger partial charge on any atom is -0.422 e. The molecule has 0 unspecified atom stereocenters. The Morgan fingerprint density at radius 3 is 2.87 bits per heavy atom. The number of aromatic nitrogens is 1. The molecule has 6 heteroatoms. The van der Waals surface area contributed by atoms with E-state index in [2.05, 4.69) is 10.3 Å². The van der Waals surface area contributed by atoms with Crippen molar-refractivity contribution in [2.45, 2.75) is 20.3 Å². The molecule has 23 heavy (non-hydrogen) atoms. The number of ketones is 1. The number of carbonyl (C=O) groups excluding carboxylic acids is 1. The van der Waals surface area contributed by atoms with Crippen LogP contribution in [0, 0.1) is 12.7 Å². The number of oxazole rings is 1. The lowest BCUT2D eigenvalue weighted by molar-refractivity contribution is -0.116. The Kier molecular flexibility index (Phi) is 4.05. The van der Waals surface area contributed by atoms with E-state index in [0.29, 0.717) is 27.4 Å². The second-order valence-corrected chi connectivity index (χ2v) is 5.75. The van der Waals surface area contributed by atoms with Crippen molar-refractivity contribution in [3.05, 3.63) is 52.3 Å². The zero-order valence-corrected chi connectivity index (χ0v) is 13.4. The summed E-state index contributed by atoms with van der Waals surface area (Å²) in [5.41, 5.74) is 3.09. The minimum absolute atomic E-state index is 0.0134. The third kappa shape index (κ3) is 3.19. The largest absolute Gasteiger partial charge is 0.422 e. The highest BCUT2D eigenvalue weighted by atomic mass is 35.5. The zero-order valence-electron chi connectivity index (χ0n) is 12.6. The molecule has 0 amide bonds. The molecular formula is C17H14ClFN2O2. The molecule has 0 radical (unpaired) electrons. The second-order valence-electron chi connectivity index (χ2n) is 5.37. The van der Waals surface area contributed by atoms with Crippen molar-refractivity contribution in [3.8, 4) is 0 Å². The second kappa shape index (κ2) is 6.01. The van der Waals surface area contributed by atoms with E-state index in [1.165, 1.54) is 19.1 Å². The number of hydrogen-bond acceptors (Lipinski definition) is 4. The van der Waals surface area contributed by atoms with Crippen LogP contribution in [0.1, 0.15) is 18.1 Å². The maximum absolute atomic E-state index is 13.3. The number of carbonyl (C=O) groups is 1. The number of fused-ring (bicyclic) bond motifs is 1. The maximum Gasteiger partial charge on any atom is 0.300 e. The van der Waals surface area contributed by atoms with E-state index in [9.17, 15) is 9.18 Å². The molecule has 1 aromatic heterocycles. The summed E-state index contributed by atoms with van der Waals surface area (Å²) in [5, 5.41) is 3.32. The minimum atomic E-state index is -0.351. The Bertz CT molecular complexity index is 905. The molecule has 0 spiro atoms. The van der Waals surface area contributed by atoms with Gasteiger partial charge in [-0.1, -0.05) is 23.7 Å². The van der Waals surface area contributed by atoms with E-state index < -0.39 is 0 Å². The van der Waals surface area contributed by atoms with Crippen LogP contribution in [0.4, 0.5) is 16.1 Å². The number of benzene rings is 2. The molecule has 1 heterocycles. The van der Waals surface area contributed by atoms with Gasteiger partial charge in [0.15, 0.2) is 5.58 Å². The highest BCUT2D eigenvalue weighted by Gasteiger charge is 2.14. The third-order valence-corrected chi connectivity index (χ3v) is 3.87. The predicted molar refractivity (Wildman–Crippen MR) is 87.8 cm³/mol. The molecule has 3 aromatic rings. The van der Waals surface area contributed by atoms with Crippen molar-refractivity contribution in [1.82, 2.24) is 4.98 Å². The fourth-order valence-corrected chi connectivity index (χ4v) is 2.57. The van der Waals surface area contributed by atoms with Crippen LogP contribution in [-0.2, 0) is 11.2 Å². The number of halogens is 2. The zero-order chi connectivity index (χ0) is 16.6. The summed E-state index contributed by atoms with van der Waals surface area (Å²) in [7, 11) is 0. The summed E-state index contributed by atoms with van der Waals surface area (Å²) in [6.07, 6.45) is 0.237. The molecule has 0 atom stereocenters. The first-order valence-electron chi connectivity index (χ1n) is 7.04. The average molecular weight is 333 g/mol. The Morgan fingerprint density at radius 2 is 2.13 bits per heavy atom. The summed E-state index contributed by atoms with van der Waals surface area (Å²) >= 11 is 6.28. The molecule has 0 aliphatic heterocycles. The Morgan fingerprint density at radius 1 is 1.35 bits per heavy atom. The Labute approximate surface area is 137 Å². The van der Waals surface area contributed by atoms with Crippen molar-refractivity contribution in [3.63, 3.8) is 0 Å². The van der Waals surface area contributed by atoms with E-state index >= 15 is 0 Å². The van der Waals surface area contributed by atoms with Gasteiger partial charge in [0.25, 0.3) is 6.01 Å². The number of rotatable bonds is 4.